The van der Waals surface area contributed by atoms with E-state index in [0.29, 0.717) is 5.88 Å². The third-order valence-electron chi connectivity index (χ3n) is 0.548. The maximum atomic E-state index is 5.36. The molecule has 0 heterocycles. The Balaban J connectivity index is 2.78. The summed E-state index contributed by atoms with van der Waals surface area (Å²) in [5, 5.41) is 0. The van der Waals surface area contributed by atoms with E-state index in [1.165, 1.54) is 0 Å². The van der Waals surface area contributed by atoms with Crippen molar-refractivity contribution in [2.24, 2.45) is 0 Å². The van der Waals surface area contributed by atoms with E-state index in [9.17, 15) is 0 Å². The summed E-state index contributed by atoms with van der Waals surface area (Å²) in [7, 11) is 0. The number of halogens is 1. The van der Waals surface area contributed by atoms with Crippen molar-refractivity contribution in [3.63, 3.8) is 0 Å². The number of rotatable bonds is 3. The van der Waals surface area contributed by atoms with Crippen molar-refractivity contribution in [3.8, 4) is 0 Å². The molecule has 0 saturated heterocycles. The molecule has 0 aromatic heterocycles. The summed E-state index contributed by atoms with van der Waals surface area (Å²) >= 11 is 9.32. The van der Waals surface area contributed by atoms with Crippen LogP contribution in [0.4, 0.5) is 0 Å². The van der Waals surface area contributed by atoms with Gasteiger partial charge >= 0.3 is 0 Å². The quantitative estimate of drug-likeness (QED) is 0.343. The molecule has 0 fully saturated rings. The molecule has 0 saturated carbocycles. The van der Waals surface area contributed by atoms with E-state index in [1.807, 2.05) is 12.2 Å². The van der Waals surface area contributed by atoms with Gasteiger partial charge < -0.3 is 0 Å². The second kappa shape index (κ2) is 6.38. The average molecular weight is 137 g/mol. The van der Waals surface area contributed by atoms with Crippen LogP contribution < -0.4 is 0 Å². The van der Waals surface area contributed by atoms with Gasteiger partial charge in [0, 0.05) is 11.6 Å². The number of hydrogen-bond donors (Lipinski definition) is 1. The van der Waals surface area contributed by atoms with Crippen LogP contribution in [0.25, 0.3) is 0 Å². The van der Waals surface area contributed by atoms with Gasteiger partial charge in [0.1, 0.15) is 0 Å². The molecule has 0 amide bonds. The Morgan fingerprint density at radius 3 is 2.57 bits per heavy atom. The number of hydrogen-bond acceptors (Lipinski definition) is 1. The molecule has 0 atom stereocenters. The lowest BCUT2D eigenvalue weighted by atomic mass is 10.4. The van der Waals surface area contributed by atoms with Crippen LogP contribution in [-0.2, 0) is 0 Å². The van der Waals surface area contributed by atoms with E-state index in [2.05, 4.69) is 12.6 Å². The van der Waals surface area contributed by atoms with Crippen LogP contribution in [0.15, 0.2) is 12.2 Å². The van der Waals surface area contributed by atoms with Crippen molar-refractivity contribution >= 4 is 24.2 Å². The van der Waals surface area contributed by atoms with Crippen LogP contribution in [-0.4, -0.2) is 11.6 Å². The Kier molecular flexibility index (Phi) is 6.73. The molecule has 0 nitrogen and oxygen atoms in total. The van der Waals surface area contributed by atoms with Crippen LogP contribution in [0.5, 0.6) is 0 Å². The third kappa shape index (κ3) is 6.38. The lowest BCUT2D eigenvalue weighted by Crippen LogP contribution is -1.66. The van der Waals surface area contributed by atoms with E-state index in [4.69, 9.17) is 11.6 Å². The van der Waals surface area contributed by atoms with Gasteiger partial charge in [-0.05, 0) is 6.42 Å². The lowest BCUT2D eigenvalue weighted by molar-refractivity contribution is 1.23. The van der Waals surface area contributed by atoms with Gasteiger partial charge in [0.15, 0.2) is 0 Å². The summed E-state index contributed by atoms with van der Waals surface area (Å²) in [6.45, 7) is 0. The van der Waals surface area contributed by atoms with Gasteiger partial charge in [-0.25, -0.2) is 0 Å². The molecule has 0 aromatic rings. The van der Waals surface area contributed by atoms with Crippen LogP contribution in [0.2, 0.25) is 0 Å². The van der Waals surface area contributed by atoms with Crippen molar-refractivity contribution in [2.75, 3.05) is 11.6 Å². The Morgan fingerprint density at radius 2 is 2.14 bits per heavy atom. The van der Waals surface area contributed by atoms with Crippen molar-refractivity contribution in [3.05, 3.63) is 12.2 Å². The fraction of sp³-hybridized carbons (Fsp3) is 0.600. The molecule has 0 aliphatic heterocycles. The van der Waals surface area contributed by atoms with Crippen molar-refractivity contribution in [1.82, 2.24) is 0 Å². The van der Waals surface area contributed by atoms with Crippen LogP contribution in [0.3, 0.4) is 0 Å². The molecule has 0 aromatic carbocycles. The Bertz CT molecular complexity index is 52.0. The molecule has 42 valence electrons. The van der Waals surface area contributed by atoms with Gasteiger partial charge in [-0.3, -0.25) is 0 Å². The van der Waals surface area contributed by atoms with Gasteiger partial charge in [0.2, 0.25) is 0 Å². The molecule has 2 heteroatoms. The smallest absolute Gasteiger partial charge is 0.0258 e. The third-order valence-corrected chi connectivity index (χ3v) is 0.977. The Labute approximate surface area is 55.0 Å². The molecule has 0 aliphatic rings. The van der Waals surface area contributed by atoms with E-state index in [1.54, 1.807) is 0 Å². The highest BCUT2D eigenvalue weighted by atomic mass is 35.5. The monoisotopic (exact) mass is 136 g/mol. The largest absolute Gasteiger partial charge is 0.175 e. The van der Waals surface area contributed by atoms with Crippen LogP contribution in [0, 0.1) is 0 Å². The fourth-order valence-electron chi connectivity index (χ4n) is 0.255. The van der Waals surface area contributed by atoms with Gasteiger partial charge in [-0.2, -0.15) is 12.6 Å². The predicted octanol–water partition coefficient (Wildman–Crippen LogP) is 2.10. The van der Waals surface area contributed by atoms with Gasteiger partial charge in [-0.1, -0.05) is 12.2 Å². The van der Waals surface area contributed by atoms with E-state index in [0.717, 1.165) is 12.2 Å². The van der Waals surface area contributed by atoms with Gasteiger partial charge in [0.05, 0.1) is 0 Å². The minimum absolute atomic E-state index is 0.713. The summed E-state index contributed by atoms with van der Waals surface area (Å²) in [4.78, 5) is 0. The highest BCUT2D eigenvalue weighted by Crippen LogP contribution is 1.86. The second-order valence-corrected chi connectivity index (χ2v) is 1.87. The molecule has 0 rings (SSSR count). The molecular weight excluding hydrogens is 128 g/mol. The normalized spacial score (nSPS) is 10.6. The minimum atomic E-state index is 0.713. The summed E-state index contributed by atoms with van der Waals surface area (Å²) < 4.78 is 0. The summed E-state index contributed by atoms with van der Waals surface area (Å²) in [6.07, 6.45) is 4.98. The maximum absolute atomic E-state index is 5.36. The summed E-state index contributed by atoms with van der Waals surface area (Å²) in [5.74, 6) is 1.53. The SMILES string of the molecule is SCC=CCCCl. The number of thiol groups is 1. The topological polar surface area (TPSA) is 0 Å². The zero-order chi connectivity index (χ0) is 5.54. The molecular formula is C5H9ClS. The average Bonchev–Trinajstić information content (AvgIpc) is 1.69. The van der Waals surface area contributed by atoms with Crippen molar-refractivity contribution < 1.29 is 0 Å². The van der Waals surface area contributed by atoms with E-state index < -0.39 is 0 Å². The van der Waals surface area contributed by atoms with Crippen molar-refractivity contribution in [2.45, 2.75) is 6.42 Å². The van der Waals surface area contributed by atoms with Gasteiger partial charge in [-0.15, -0.1) is 11.6 Å². The first-order valence-electron chi connectivity index (χ1n) is 2.23. The molecule has 0 unspecified atom stereocenters. The predicted molar refractivity (Wildman–Crippen MR) is 38.3 cm³/mol. The molecule has 0 spiro atoms. The Hall–Kier alpha value is 0.380. The molecule has 0 bridgehead atoms. The van der Waals surface area contributed by atoms with Gasteiger partial charge in [0.25, 0.3) is 0 Å². The maximum Gasteiger partial charge on any atom is 0.0258 e. The highest BCUT2D eigenvalue weighted by molar-refractivity contribution is 7.80. The fourth-order valence-corrected chi connectivity index (χ4v) is 0.530. The lowest BCUT2D eigenvalue weighted by Gasteiger charge is -1.77. The number of allylic oxidation sites excluding steroid dienone is 1. The standard InChI is InChI=1S/C5H9ClS/c6-4-2-1-3-5-7/h1,3,7H,2,4-5H2. The minimum Gasteiger partial charge on any atom is -0.175 e. The summed E-state index contributed by atoms with van der Waals surface area (Å²) in [5.41, 5.74) is 0. The zero-order valence-corrected chi connectivity index (χ0v) is 5.75. The van der Waals surface area contributed by atoms with Crippen LogP contribution >= 0.6 is 24.2 Å². The van der Waals surface area contributed by atoms with E-state index in [-0.39, 0.29) is 0 Å². The zero-order valence-electron chi connectivity index (χ0n) is 4.10. The molecule has 0 radical (unpaired) electrons. The number of alkyl halides is 1. The summed E-state index contributed by atoms with van der Waals surface area (Å²) in [6, 6.07) is 0. The van der Waals surface area contributed by atoms with Crippen LogP contribution in [0.1, 0.15) is 6.42 Å². The Morgan fingerprint density at radius 1 is 1.43 bits per heavy atom. The second-order valence-electron chi connectivity index (χ2n) is 1.13. The molecule has 0 aliphatic carbocycles. The highest BCUT2D eigenvalue weighted by Gasteiger charge is 1.70. The first kappa shape index (κ1) is 7.38. The first-order valence-corrected chi connectivity index (χ1v) is 3.40. The van der Waals surface area contributed by atoms with Crippen molar-refractivity contribution in [1.29, 1.82) is 0 Å². The van der Waals surface area contributed by atoms with E-state index >= 15 is 0 Å². The molecule has 0 N–H and O–H groups in total. The first-order chi connectivity index (χ1) is 3.41. The molecule has 7 heavy (non-hydrogen) atoms.